The predicted molar refractivity (Wildman–Crippen MR) is 215 cm³/mol. The van der Waals surface area contributed by atoms with Gasteiger partial charge in [0.15, 0.2) is 0 Å². The van der Waals surface area contributed by atoms with Crippen LogP contribution in [0.2, 0.25) is 0 Å². The maximum absolute atomic E-state index is 10.2. The smallest absolute Gasteiger partial charge is 0.335 e. The Bertz CT molecular complexity index is 862. The van der Waals surface area contributed by atoms with Crippen molar-refractivity contribution in [1.29, 1.82) is 0 Å². The van der Waals surface area contributed by atoms with Crippen molar-refractivity contribution in [1.82, 2.24) is 0 Å². The summed E-state index contributed by atoms with van der Waals surface area (Å²) in [6, 6.07) is 14.9. The van der Waals surface area contributed by atoms with Gasteiger partial charge in [-0.1, -0.05) is 56.0 Å². The predicted octanol–water partition coefficient (Wildman–Crippen LogP) is 1.24. The maximum atomic E-state index is 10.2. The molecule has 2 rings (SSSR count). The van der Waals surface area contributed by atoms with Gasteiger partial charge in [-0.3, -0.25) is 9.59 Å². The fourth-order valence-corrected chi connectivity index (χ4v) is 2.10. The molecule has 46 heavy (non-hydrogen) atoms. The summed E-state index contributed by atoms with van der Waals surface area (Å²) in [5.74, 6) is -3.89. The van der Waals surface area contributed by atoms with Gasteiger partial charge < -0.3 is 55.6 Å². The molecule has 0 aliphatic rings. The van der Waals surface area contributed by atoms with Gasteiger partial charge in [0.25, 0.3) is 0 Å². The van der Waals surface area contributed by atoms with Crippen molar-refractivity contribution in [3.63, 3.8) is 0 Å². The van der Waals surface area contributed by atoms with Crippen LogP contribution in [0, 0.1) is 7.43 Å². The minimum Gasteiger partial charge on any atom is -0.545 e. The topological polar surface area (TPSA) is 258 Å². The zero-order valence-electron chi connectivity index (χ0n) is 24.4. The van der Waals surface area contributed by atoms with E-state index >= 15 is 0 Å². The van der Waals surface area contributed by atoms with E-state index in [1.165, 1.54) is 12.1 Å². The summed E-state index contributed by atoms with van der Waals surface area (Å²) in [7, 11) is 0. The van der Waals surface area contributed by atoms with Crippen molar-refractivity contribution in [2.45, 2.75) is 45.2 Å². The van der Waals surface area contributed by atoms with E-state index in [0.717, 1.165) is 13.0 Å². The summed E-state index contributed by atoms with van der Waals surface area (Å²) in [5.41, 5.74) is 19.6. The van der Waals surface area contributed by atoms with E-state index in [-0.39, 0.29) is 110 Å². The van der Waals surface area contributed by atoms with E-state index in [0.29, 0.717) is 44.6 Å². The minimum atomic E-state index is -1.13. The van der Waals surface area contributed by atoms with E-state index < -0.39 is 36.0 Å². The Labute approximate surface area is 393 Å². The van der Waals surface area contributed by atoms with Crippen LogP contribution in [-0.2, 0) is 75.0 Å². The molecule has 0 bridgehead atoms. The zero-order valence-corrected chi connectivity index (χ0v) is 43.2. The average Bonchev–Trinajstić information content (AvgIpc) is 2.97. The molecule has 0 aromatic heterocycles. The molecule has 0 saturated heterocycles. The van der Waals surface area contributed by atoms with Gasteiger partial charge in [0.1, 0.15) is 12.1 Å². The van der Waals surface area contributed by atoms with Crippen molar-refractivity contribution in [3.8, 4) is 0 Å². The normalized spacial score (nSPS) is 9.22. The van der Waals surface area contributed by atoms with Crippen molar-refractivity contribution in [2.75, 3.05) is 13.1 Å². The molecular formula is C26H44I6N4O8Y2-2. The van der Waals surface area contributed by atoms with Gasteiger partial charge in [0.2, 0.25) is 0 Å². The van der Waals surface area contributed by atoms with E-state index in [4.69, 9.17) is 32.5 Å². The molecule has 0 unspecified atom stereocenters. The quantitative estimate of drug-likeness (QED) is 0.132. The summed E-state index contributed by atoms with van der Waals surface area (Å²) >= 11 is 9.54. The first-order valence-corrected chi connectivity index (χ1v) is 30.3. The second-order valence-electron chi connectivity index (χ2n) is 7.19. The molecule has 0 aliphatic heterocycles. The number of carboxylic acids is 4. The fourth-order valence-electron chi connectivity index (χ4n) is 2.10. The average molecular weight is 1480 g/mol. The SMILES string of the molecule is C.I.II.I[I-]I.NCCC[C@H](N)C(=O)O.N[C@@H](CCC[NH3+])C(=O)O.O=C(O)c1ccccc1.O=C([O-])c1ccccc1.[CH3-].[Y].[Y]. The number of benzene rings is 2. The standard InChI is InChI=1S/2C7H6O2.2C5H12N2O2.CH4.CH3.I3.I2.HI.2Y/c2*8-7(9)6-4-2-1-3-5-6;2*6-3-1-2-4(7)5(8)9;;;1-3-2;1-2;;;/h2*1-5H,(H,8,9);2*4H,1-3,6-7H2,(H,8,9);1H4;1H3;;;1H;;/q;;;;;2*-1;;;;/t;;2*4-;;;;;;;/m..00......./s1. The first kappa shape index (κ1) is 70.3. The Morgan fingerprint density at radius 2 is 1.09 bits per heavy atom. The molecule has 12 N–H and O–H groups in total. The molecule has 0 fully saturated rings. The van der Waals surface area contributed by atoms with Crippen molar-refractivity contribution in [3.05, 3.63) is 79.2 Å². The van der Waals surface area contributed by atoms with E-state index in [2.05, 4.69) is 80.2 Å². The van der Waals surface area contributed by atoms with Crippen LogP contribution in [0.3, 0.4) is 0 Å². The van der Waals surface area contributed by atoms with Crippen LogP contribution in [0.25, 0.3) is 0 Å². The Balaban J connectivity index is -0.0000000522. The first-order valence-electron chi connectivity index (χ1n) is 11.4. The number of hydrogen-bond donors (Lipinski definition) is 7. The minimum absolute atomic E-state index is 0. The molecule has 2 radical (unpaired) electrons. The van der Waals surface area contributed by atoms with Crippen LogP contribution in [-0.4, -0.2) is 64.4 Å². The van der Waals surface area contributed by atoms with Gasteiger partial charge in [-0.05, 0) is 49.9 Å². The molecule has 0 saturated carbocycles. The summed E-state index contributed by atoms with van der Waals surface area (Å²) in [4.78, 5) is 40.4. The van der Waals surface area contributed by atoms with Crippen LogP contribution in [0.15, 0.2) is 60.7 Å². The second-order valence-corrected chi connectivity index (χ2v) is 23.4. The van der Waals surface area contributed by atoms with E-state index in [1.54, 1.807) is 48.5 Å². The number of quaternary nitrogens is 1. The number of hydrogen-bond acceptors (Lipinski definition) is 8. The number of nitrogens with two attached hydrogens (primary N) is 3. The molecule has 0 heterocycles. The van der Waals surface area contributed by atoms with Gasteiger partial charge in [0.05, 0.1) is 18.1 Å². The molecule has 2 atom stereocenters. The summed E-state index contributed by atoms with van der Waals surface area (Å²) in [6.45, 7) is 1.25. The van der Waals surface area contributed by atoms with Gasteiger partial charge >= 0.3 is 68.4 Å². The van der Waals surface area contributed by atoms with E-state index in [9.17, 15) is 24.3 Å². The number of rotatable bonds is 10. The van der Waals surface area contributed by atoms with Crippen LogP contribution < -0.4 is 41.3 Å². The first-order chi connectivity index (χ1) is 19.4. The molecule has 0 aliphatic carbocycles. The van der Waals surface area contributed by atoms with Crippen molar-refractivity contribution >= 4 is 122 Å². The van der Waals surface area contributed by atoms with Crippen molar-refractivity contribution < 1.29 is 124 Å². The molecule has 2 aromatic carbocycles. The fraction of sp³-hybridized carbons (Fsp3) is 0.346. The molecule has 2 aromatic rings. The Hall–Kier alpha value is 2.75. The largest absolute Gasteiger partial charge is 0.545 e. The molecular weight excluding hydrogens is 1440 g/mol. The number of aromatic carboxylic acids is 2. The van der Waals surface area contributed by atoms with Crippen LogP contribution in [0.1, 0.15) is 53.8 Å². The molecule has 20 heteroatoms. The van der Waals surface area contributed by atoms with Crippen molar-refractivity contribution in [2.24, 2.45) is 17.2 Å². The van der Waals surface area contributed by atoms with Gasteiger partial charge in [0, 0.05) is 103 Å². The summed E-state index contributed by atoms with van der Waals surface area (Å²) in [5, 5.41) is 35.0. The van der Waals surface area contributed by atoms with Crippen LogP contribution >= 0.6 is 98.4 Å². The number of carbonyl (C=O) groups is 4. The van der Waals surface area contributed by atoms with Crippen LogP contribution in [0.5, 0.6) is 0 Å². The summed E-state index contributed by atoms with van der Waals surface area (Å²) in [6.07, 6.45) is 2.45. The summed E-state index contributed by atoms with van der Waals surface area (Å²) < 4.78 is 0. The number of halogens is 6. The molecule has 0 spiro atoms. The maximum Gasteiger partial charge on any atom is 0.335 e. The third-order valence-electron chi connectivity index (χ3n) is 4.15. The monoisotopic (exact) mass is 1480 g/mol. The number of carbonyl (C=O) groups excluding carboxylic acids is 1. The third kappa shape index (κ3) is 53.5. The molecule has 266 valence electrons. The Morgan fingerprint density at radius 3 is 1.28 bits per heavy atom. The number of aliphatic carboxylic acids is 2. The Morgan fingerprint density at radius 1 is 0.783 bits per heavy atom. The zero-order chi connectivity index (χ0) is 32.6. The molecule has 0 amide bonds. The third-order valence-corrected chi connectivity index (χ3v) is 4.15. The second kappa shape index (κ2) is 54.5. The van der Waals surface area contributed by atoms with Gasteiger partial charge in [-0.15, -0.1) is 24.0 Å². The molecule has 12 nitrogen and oxygen atoms in total. The van der Waals surface area contributed by atoms with Gasteiger partial charge in [-0.25, -0.2) is 4.79 Å². The van der Waals surface area contributed by atoms with Crippen LogP contribution in [0.4, 0.5) is 0 Å². The Kier molecular flexibility index (Phi) is 83.4. The number of carboxylic acid groups (broad SMARTS) is 4. The van der Waals surface area contributed by atoms with Gasteiger partial charge in [-0.2, -0.15) is 0 Å². The van der Waals surface area contributed by atoms with E-state index in [1.807, 2.05) is 0 Å².